The highest BCUT2D eigenvalue weighted by Gasteiger charge is 2.33. The van der Waals surface area contributed by atoms with Gasteiger partial charge in [-0.2, -0.15) is 0 Å². The van der Waals surface area contributed by atoms with Crippen LogP contribution in [0.3, 0.4) is 0 Å². The van der Waals surface area contributed by atoms with Crippen LogP contribution in [0.4, 0.5) is 0 Å². The van der Waals surface area contributed by atoms with Gasteiger partial charge >= 0.3 is 0 Å². The van der Waals surface area contributed by atoms with Gasteiger partial charge in [0, 0.05) is 17.9 Å². The SMILES string of the molecule is CCC.CCCC(CC1CC(=O)c2c(ccc(CC3=CC(c4ccc(C(CC)CC)cc4)=CC3)c2C)C1)C(CC)C(=O)CC(C)=O. The van der Waals surface area contributed by atoms with E-state index in [4.69, 9.17) is 0 Å². The van der Waals surface area contributed by atoms with Gasteiger partial charge in [0.2, 0.25) is 0 Å². The number of Topliss-reactive ketones (excluding diaryl/α,β-unsaturated/α-hetero) is 3. The van der Waals surface area contributed by atoms with E-state index in [1.807, 2.05) is 0 Å². The minimum Gasteiger partial charge on any atom is -0.300 e. The predicted octanol–water partition coefficient (Wildman–Crippen LogP) is 11.4. The second-order valence-corrected chi connectivity index (χ2v) is 13.9. The molecule has 0 bridgehead atoms. The Labute approximate surface area is 280 Å². The summed E-state index contributed by atoms with van der Waals surface area (Å²) in [5.41, 5.74) is 9.89. The molecule has 0 aliphatic heterocycles. The first-order chi connectivity index (χ1) is 22.1. The van der Waals surface area contributed by atoms with Gasteiger partial charge in [-0.05, 0) is 110 Å². The average molecular weight is 625 g/mol. The molecule has 0 saturated carbocycles. The van der Waals surface area contributed by atoms with Crippen molar-refractivity contribution in [2.24, 2.45) is 17.8 Å². The average Bonchev–Trinajstić information content (AvgIpc) is 3.48. The number of allylic oxidation sites excluding steroid dienone is 4. The molecule has 3 unspecified atom stereocenters. The molecule has 0 N–H and O–H groups in total. The van der Waals surface area contributed by atoms with Crippen molar-refractivity contribution in [3.05, 3.63) is 87.5 Å². The summed E-state index contributed by atoms with van der Waals surface area (Å²) in [5, 5.41) is 0. The van der Waals surface area contributed by atoms with Crippen LogP contribution in [0.25, 0.3) is 5.57 Å². The molecule has 2 aromatic rings. The fourth-order valence-electron chi connectivity index (χ4n) is 7.81. The lowest BCUT2D eigenvalue weighted by Gasteiger charge is -2.32. The van der Waals surface area contributed by atoms with Crippen LogP contribution in [0, 0.1) is 24.7 Å². The van der Waals surface area contributed by atoms with E-state index in [-0.39, 0.29) is 41.5 Å². The van der Waals surface area contributed by atoms with Crippen molar-refractivity contribution in [1.29, 1.82) is 0 Å². The zero-order chi connectivity index (χ0) is 33.8. The molecule has 250 valence electrons. The van der Waals surface area contributed by atoms with Crippen LogP contribution in [-0.2, 0) is 22.4 Å². The Balaban J connectivity index is 0.00000185. The molecule has 0 fully saturated rings. The van der Waals surface area contributed by atoms with Gasteiger partial charge in [0.1, 0.15) is 11.6 Å². The van der Waals surface area contributed by atoms with Crippen LogP contribution in [0.5, 0.6) is 0 Å². The summed E-state index contributed by atoms with van der Waals surface area (Å²) in [5.74, 6) is 1.30. The fourth-order valence-corrected chi connectivity index (χ4v) is 7.81. The van der Waals surface area contributed by atoms with Crippen molar-refractivity contribution in [2.45, 2.75) is 138 Å². The van der Waals surface area contributed by atoms with Crippen molar-refractivity contribution in [3.63, 3.8) is 0 Å². The number of benzene rings is 2. The van der Waals surface area contributed by atoms with Gasteiger partial charge in [0.15, 0.2) is 5.78 Å². The van der Waals surface area contributed by atoms with Gasteiger partial charge in [-0.1, -0.05) is 115 Å². The molecule has 2 aliphatic rings. The van der Waals surface area contributed by atoms with Crippen molar-refractivity contribution in [2.75, 3.05) is 0 Å². The Morgan fingerprint density at radius 2 is 1.57 bits per heavy atom. The Kier molecular flexibility index (Phi) is 14.9. The summed E-state index contributed by atoms with van der Waals surface area (Å²) in [6, 6.07) is 13.6. The maximum absolute atomic E-state index is 13.6. The molecule has 0 radical (unpaired) electrons. The number of fused-ring (bicyclic) bond motifs is 1. The van der Waals surface area contributed by atoms with E-state index in [1.165, 1.54) is 54.0 Å². The van der Waals surface area contributed by atoms with Crippen LogP contribution in [0.2, 0.25) is 0 Å². The van der Waals surface area contributed by atoms with Crippen molar-refractivity contribution in [1.82, 2.24) is 0 Å². The van der Waals surface area contributed by atoms with Crippen LogP contribution < -0.4 is 0 Å². The van der Waals surface area contributed by atoms with E-state index in [0.29, 0.717) is 12.3 Å². The third-order valence-corrected chi connectivity index (χ3v) is 10.1. The second-order valence-electron chi connectivity index (χ2n) is 13.9. The first-order valence-electron chi connectivity index (χ1n) is 18.3. The monoisotopic (exact) mass is 624 g/mol. The number of ketones is 3. The normalized spacial score (nSPS) is 17.1. The highest BCUT2D eigenvalue weighted by Crippen LogP contribution is 2.38. The second kappa shape index (κ2) is 18.3. The maximum Gasteiger partial charge on any atom is 0.163 e. The van der Waals surface area contributed by atoms with Gasteiger partial charge in [-0.15, -0.1) is 0 Å². The van der Waals surface area contributed by atoms with Gasteiger partial charge in [0.25, 0.3) is 0 Å². The first-order valence-corrected chi connectivity index (χ1v) is 18.3. The molecule has 4 rings (SSSR count). The Bertz CT molecular complexity index is 1390. The minimum absolute atomic E-state index is 0.0329. The molecule has 0 heterocycles. The summed E-state index contributed by atoms with van der Waals surface area (Å²) < 4.78 is 0. The highest BCUT2D eigenvalue weighted by atomic mass is 16.1. The van der Waals surface area contributed by atoms with Crippen LogP contribution in [-0.4, -0.2) is 17.3 Å². The molecule has 3 heteroatoms. The molecule has 46 heavy (non-hydrogen) atoms. The maximum atomic E-state index is 13.6. The smallest absolute Gasteiger partial charge is 0.163 e. The number of hydrogen-bond donors (Lipinski definition) is 0. The molecular formula is C43H60O3. The zero-order valence-corrected chi connectivity index (χ0v) is 30.1. The Hall–Kier alpha value is -3.07. The minimum atomic E-state index is -0.0924. The van der Waals surface area contributed by atoms with E-state index >= 15 is 0 Å². The molecular weight excluding hydrogens is 564 g/mol. The number of rotatable bonds is 15. The van der Waals surface area contributed by atoms with Crippen LogP contribution >= 0.6 is 0 Å². The Morgan fingerprint density at radius 1 is 0.891 bits per heavy atom. The lowest BCUT2D eigenvalue weighted by Crippen LogP contribution is -2.30. The number of hydrogen-bond acceptors (Lipinski definition) is 3. The van der Waals surface area contributed by atoms with Crippen LogP contribution in [0.15, 0.2) is 54.1 Å². The molecule has 2 aliphatic carbocycles. The molecule has 3 atom stereocenters. The predicted molar refractivity (Wildman–Crippen MR) is 195 cm³/mol. The van der Waals surface area contributed by atoms with Crippen LogP contribution in [0.1, 0.15) is 157 Å². The summed E-state index contributed by atoms with van der Waals surface area (Å²) >= 11 is 0. The van der Waals surface area contributed by atoms with E-state index in [1.54, 1.807) is 0 Å². The Morgan fingerprint density at radius 3 is 2.15 bits per heavy atom. The van der Waals surface area contributed by atoms with E-state index in [0.717, 1.165) is 61.6 Å². The molecule has 0 aromatic heterocycles. The lowest BCUT2D eigenvalue weighted by atomic mass is 9.71. The molecule has 3 nitrogen and oxygen atoms in total. The zero-order valence-electron chi connectivity index (χ0n) is 30.1. The summed E-state index contributed by atoms with van der Waals surface area (Å²) in [4.78, 5) is 38.1. The van der Waals surface area contributed by atoms with Gasteiger partial charge in [-0.3, -0.25) is 14.4 Å². The summed E-state index contributed by atoms with van der Waals surface area (Å²) in [6.07, 6.45) is 15.2. The molecule has 0 saturated heterocycles. The molecule has 0 spiro atoms. The van der Waals surface area contributed by atoms with Crippen molar-refractivity contribution < 1.29 is 14.4 Å². The fraction of sp³-hybridized carbons (Fsp3) is 0.558. The lowest BCUT2D eigenvalue weighted by molar-refractivity contribution is -0.129. The molecule has 2 aromatic carbocycles. The van der Waals surface area contributed by atoms with E-state index < -0.39 is 0 Å². The van der Waals surface area contributed by atoms with Crippen molar-refractivity contribution in [3.8, 4) is 0 Å². The largest absolute Gasteiger partial charge is 0.300 e. The summed E-state index contributed by atoms with van der Waals surface area (Å²) in [7, 11) is 0. The van der Waals surface area contributed by atoms with E-state index in [2.05, 4.69) is 97.0 Å². The van der Waals surface area contributed by atoms with E-state index in [9.17, 15) is 14.4 Å². The third-order valence-electron chi connectivity index (χ3n) is 10.1. The third kappa shape index (κ3) is 9.72. The highest BCUT2D eigenvalue weighted by molar-refractivity contribution is 6.00. The van der Waals surface area contributed by atoms with Gasteiger partial charge in [-0.25, -0.2) is 0 Å². The topological polar surface area (TPSA) is 51.2 Å². The van der Waals surface area contributed by atoms with Crippen molar-refractivity contribution >= 4 is 22.9 Å². The number of carbonyl (C=O) groups is 3. The summed E-state index contributed by atoms with van der Waals surface area (Å²) in [6.45, 7) is 16.6. The quantitative estimate of drug-likeness (QED) is 0.185. The first kappa shape index (κ1) is 37.4. The van der Waals surface area contributed by atoms with Gasteiger partial charge in [0.05, 0.1) is 6.42 Å². The standard InChI is InChI=1S/C40H52O3.C3H8/c1-7-11-35(37(10-4)38(42)20-26(5)41)23-29-24-36-19-18-33(27(6)40(36)39(43)25-29)21-28-12-13-34(22-28)32-16-14-31(15-17-32)30(8-2)9-3;1-3-2/h13-19,22,29-30,35,37H,7-12,20-21,23-25H2,1-6H3;3H2,1-2H3. The van der Waals surface area contributed by atoms with Gasteiger partial charge < -0.3 is 0 Å². The number of carbonyl (C=O) groups excluding carboxylic acids is 3. The molecule has 0 amide bonds.